The van der Waals surface area contributed by atoms with E-state index >= 15 is 0 Å². The summed E-state index contributed by atoms with van der Waals surface area (Å²) < 4.78 is 10.9. The van der Waals surface area contributed by atoms with Crippen molar-refractivity contribution in [3.8, 4) is 11.5 Å². The maximum absolute atomic E-state index is 12.6. The van der Waals surface area contributed by atoms with Gasteiger partial charge in [-0.1, -0.05) is 54.6 Å². The third-order valence-electron chi connectivity index (χ3n) is 4.71. The molecule has 4 aromatic rings. The van der Waals surface area contributed by atoms with Crippen LogP contribution in [-0.4, -0.2) is 23.0 Å². The van der Waals surface area contributed by atoms with Crippen LogP contribution in [0.1, 0.15) is 23.2 Å². The molecule has 0 saturated carbocycles. The second-order valence-corrected chi connectivity index (χ2v) is 6.85. The molecule has 1 N–H and O–H groups in total. The lowest BCUT2D eigenvalue weighted by molar-refractivity contribution is -0.123. The van der Waals surface area contributed by atoms with Crippen LogP contribution < -0.4 is 5.32 Å². The molecule has 150 valence electrons. The minimum absolute atomic E-state index is 0.0543. The van der Waals surface area contributed by atoms with E-state index in [0.717, 1.165) is 16.3 Å². The fourth-order valence-electron chi connectivity index (χ4n) is 3.13. The number of benzene rings is 3. The van der Waals surface area contributed by atoms with E-state index < -0.39 is 18.0 Å². The fraction of sp³-hybridized carbons (Fsp3) is 0.125. The molecule has 6 nitrogen and oxygen atoms in total. The Kier molecular flexibility index (Phi) is 5.30. The molecule has 3 aromatic carbocycles. The van der Waals surface area contributed by atoms with E-state index in [0.29, 0.717) is 17.3 Å². The van der Waals surface area contributed by atoms with Crippen LogP contribution in [0.3, 0.4) is 0 Å². The Morgan fingerprint density at radius 1 is 0.967 bits per heavy atom. The topological polar surface area (TPSA) is 81.4 Å². The molecule has 6 heteroatoms. The Balaban J connectivity index is 1.47. The molecular weight excluding hydrogens is 380 g/mol. The van der Waals surface area contributed by atoms with Crippen LogP contribution in [0, 0.1) is 6.92 Å². The number of hydrogen-bond donors (Lipinski definition) is 1. The van der Waals surface area contributed by atoms with Gasteiger partial charge in [0.2, 0.25) is 5.89 Å². The molecule has 1 amide bonds. The summed E-state index contributed by atoms with van der Waals surface area (Å²) in [5, 5.41) is 4.74. The largest absolute Gasteiger partial charge is 0.448 e. The third-order valence-corrected chi connectivity index (χ3v) is 4.71. The number of hydrogen-bond acceptors (Lipinski definition) is 5. The van der Waals surface area contributed by atoms with E-state index in [1.165, 1.54) is 6.92 Å². The summed E-state index contributed by atoms with van der Waals surface area (Å²) in [6.07, 6.45) is -1.01. The average Bonchev–Trinajstić information content (AvgIpc) is 3.16. The van der Waals surface area contributed by atoms with E-state index in [4.69, 9.17) is 9.15 Å². The van der Waals surface area contributed by atoms with Crippen molar-refractivity contribution in [3.05, 3.63) is 84.3 Å². The zero-order chi connectivity index (χ0) is 21.1. The van der Waals surface area contributed by atoms with Crippen LogP contribution in [0.2, 0.25) is 0 Å². The molecule has 30 heavy (non-hydrogen) atoms. The highest BCUT2D eigenvalue weighted by Gasteiger charge is 2.24. The SMILES string of the molecule is Cc1oc(-c2ccccc2)nc1C(=O)O[C@H](C)C(=O)Nc1cccc2ccccc12. The first-order chi connectivity index (χ1) is 14.5. The maximum atomic E-state index is 12.6. The van der Waals surface area contributed by atoms with E-state index in [9.17, 15) is 9.59 Å². The lowest BCUT2D eigenvalue weighted by Gasteiger charge is -2.14. The zero-order valence-electron chi connectivity index (χ0n) is 16.6. The van der Waals surface area contributed by atoms with Crippen LogP contribution in [0.25, 0.3) is 22.2 Å². The number of carbonyl (C=O) groups is 2. The maximum Gasteiger partial charge on any atom is 0.361 e. The lowest BCUT2D eigenvalue weighted by Crippen LogP contribution is -2.30. The molecule has 0 unspecified atom stereocenters. The van der Waals surface area contributed by atoms with Crippen molar-refractivity contribution in [3.63, 3.8) is 0 Å². The van der Waals surface area contributed by atoms with Gasteiger partial charge in [-0.05, 0) is 37.4 Å². The van der Waals surface area contributed by atoms with Gasteiger partial charge in [0.05, 0.1) is 0 Å². The standard InChI is InChI=1S/C24H20N2O4/c1-15-21(26-23(29-15)18-10-4-3-5-11-18)24(28)30-16(2)22(27)25-20-14-8-12-17-9-6-7-13-19(17)20/h3-14,16H,1-2H3,(H,25,27)/t16-/m1/s1. The number of aryl methyl sites for hydroxylation is 1. The van der Waals surface area contributed by atoms with Crippen LogP contribution in [0.4, 0.5) is 5.69 Å². The number of rotatable bonds is 5. The van der Waals surface area contributed by atoms with E-state index in [-0.39, 0.29) is 5.69 Å². The Hall–Kier alpha value is -3.93. The molecule has 0 saturated heterocycles. The Morgan fingerprint density at radius 2 is 1.67 bits per heavy atom. The highest BCUT2D eigenvalue weighted by molar-refractivity contribution is 6.04. The predicted octanol–water partition coefficient (Wildman–Crippen LogP) is 4.99. The molecule has 1 heterocycles. The van der Waals surface area contributed by atoms with Gasteiger partial charge >= 0.3 is 5.97 Å². The van der Waals surface area contributed by atoms with Crippen molar-refractivity contribution in [2.75, 3.05) is 5.32 Å². The van der Waals surface area contributed by atoms with Crippen molar-refractivity contribution in [1.82, 2.24) is 4.98 Å². The molecule has 1 aromatic heterocycles. The van der Waals surface area contributed by atoms with Crippen molar-refractivity contribution in [2.24, 2.45) is 0 Å². The number of oxazole rings is 1. The smallest absolute Gasteiger partial charge is 0.361 e. The monoisotopic (exact) mass is 400 g/mol. The van der Waals surface area contributed by atoms with E-state index in [2.05, 4.69) is 10.3 Å². The molecule has 0 aliphatic heterocycles. The molecule has 1 atom stereocenters. The van der Waals surface area contributed by atoms with Gasteiger partial charge in [-0.2, -0.15) is 0 Å². The molecule has 0 bridgehead atoms. The molecule has 4 rings (SSSR count). The summed E-state index contributed by atoms with van der Waals surface area (Å²) in [6.45, 7) is 3.16. The highest BCUT2D eigenvalue weighted by atomic mass is 16.5. The number of fused-ring (bicyclic) bond motifs is 1. The Morgan fingerprint density at radius 3 is 2.47 bits per heavy atom. The number of anilines is 1. The number of ether oxygens (including phenoxy) is 1. The highest BCUT2D eigenvalue weighted by Crippen LogP contribution is 2.24. The number of esters is 1. The first-order valence-corrected chi connectivity index (χ1v) is 9.55. The number of aromatic nitrogens is 1. The van der Waals surface area contributed by atoms with Gasteiger partial charge in [0.25, 0.3) is 5.91 Å². The Labute approximate surface area is 173 Å². The van der Waals surface area contributed by atoms with Crippen LogP contribution in [0.5, 0.6) is 0 Å². The molecule has 0 aliphatic carbocycles. The van der Waals surface area contributed by atoms with Crippen molar-refractivity contribution < 1.29 is 18.7 Å². The first kappa shape index (κ1) is 19.4. The summed E-state index contributed by atoms with van der Waals surface area (Å²) in [6, 6.07) is 22.6. The van der Waals surface area contributed by atoms with Gasteiger partial charge in [-0.3, -0.25) is 4.79 Å². The van der Waals surface area contributed by atoms with Gasteiger partial charge in [-0.15, -0.1) is 0 Å². The Bertz CT molecular complexity index is 1210. The van der Waals surface area contributed by atoms with Gasteiger partial charge in [-0.25, -0.2) is 9.78 Å². The van der Waals surface area contributed by atoms with Crippen molar-refractivity contribution >= 4 is 28.3 Å². The van der Waals surface area contributed by atoms with Gasteiger partial charge in [0, 0.05) is 16.6 Å². The molecular formula is C24H20N2O4. The van der Waals surface area contributed by atoms with Gasteiger partial charge < -0.3 is 14.5 Å². The lowest BCUT2D eigenvalue weighted by atomic mass is 10.1. The fourth-order valence-corrected chi connectivity index (χ4v) is 3.13. The zero-order valence-corrected chi connectivity index (χ0v) is 16.6. The van der Waals surface area contributed by atoms with Crippen LogP contribution >= 0.6 is 0 Å². The van der Waals surface area contributed by atoms with Crippen LogP contribution in [-0.2, 0) is 9.53 Å². The number of nitrogens with one attached hydrogen (secondary N) is 1. The summed E-state index contributed by atoms with van der Waals surface area (Å²) in [4.78, 5) is 29.4. The minimum atomic E-state index is -1.01. The first-order valence-electron chi connectivity index (χ1n) is 9.55. The van der Waals surface area contributed by atoms with Gasteiger partial charge in [0.1, 0.15) is 5.76 Å². The second kappa shape index (κ2) is 8.21. The molecule has 0 fully saturated rings. The number of amides is 1. The second-order valence-electron chi connectivity index (χ2n) is 6.85. The quantitative estimate of drug-likeness (QED) is 0.478. The van der Waals surface area contributed by atoms with Crippen LogP contribution in [0.15, 0.2) is 77.2 Å². The van der Waals surface area contributed by atoms with Crippen molar-refractivity contribution in [2.45, 2.75) is 20.0 Å². The number of carbonyl (C=O) groups excluding carboxylic acids is 2. The minimum Gasteiger partial charge on any atom is -0.448 e. The summed E-state index contributed by atoms with van der Waals surface area (Å²) in [7, 11) is 0. The predicted molar refractivity (Wildman–Crippen MR) is 114 cm³/mol. The van der Waals surface area contributed by atoms with Gasteiger partial charge in [0.15, 0.2) is 11.8 Å². The third kappa shape index (κ3) is 3.93. The molecule has 0 aliphatic rings. The summed E-state index contributed by atoms with van der Waals surface area (Å²) >= 11 is 0. The summed E-state index contributed by atoms with van der Waals surface area (Å²) in [5.41, 5.74) is 1.46. The molecule has 0 spiro atoms. The number of nitrogens with zero attached hydrogens (tertiary/aromatic N) is 1. The molecule has 0 radical (unpaired) electrons. The normalized spacial score (nSPS) is 11.8. The van der Waals surface area contributed by atoms with Crippen molar-refractivity contribution in [1.29, 1.82) is 0 Å². The summed E-state index contributed by atoms with van der Waals surface area (Å²) in [5.74, 6) is -0.475. The van der Waals surface area contributed by atoms with E-state index in [1.54, 1.807) is 6.92 Å². The van der Waals surface area contributed by atoms with E-state index in [1.807, 2.05) is 72.8 Å². The average molecular weight is 400 g/mol.